The molecule has 1 fully saturated rings. The van der Waals surface area contributed by atoms with Gasteiger partial charge in [-0.1, -0.05) is 55.8 Å². The molecule has 2 amide bonds. The normalized spacial score (nSPS) is 15.0. The van der Waals surface area contributed by atoms with E-state index in [9.17, 15) is 9.59 Å². The quantitative estimate of drug-likeness (QED) is 0.334. The molecule has 5 nitrogen and oxygen atoms in total. The van der Waals surface area contributed by atoms with Crippen LogP contribution in [0.2, 0.25) is 0 Å². The summed E-state index contributed by atoms with van der Waals surface area (Å²) < 4.78 is 11.9. The van der Waals surface area contributed by atoms with Gasteiger partial charge in [0, 0.05) is 6.54 Å². The number of carbonyl (C=O) groups is 2. The molecule has 33 heavy (non-hydrogen) atoms. The minimum atomic E-state index is -0.229. The lowest BCUT2D eigenvalue weighted by atomic mass is 10.1. The second-order valence-corrected chi connectivity index (χ2v) is 8.79. The summed E-state index contributed by atoms with van der Waals surface area (Å²) in [6.07, 6.45) is 3.48. The SMILES string of the molecule is CCCCN1C(=O)S/C(=C\c2ccc(OCc3ccc4ccccc4c3)c(OCC)c2)C1=O. The molecule has 0 spiro atoms. The summed E-state index contributed by atoms with van der Waals surface area (Å²) in [6.45, 7) is 5.32. The molecule has 1 aliphatic rings. The lowest BCUT2D eigenvalue weighted by Crippen LogP contribution is -2.29. The van der Waals surface area contributed by atoms with Gasteiger partial charge in [-0.05, 0) is 71.3 Å². The fourth-order valence-corrected chi connectivity index (χ4v) is 4.52. The van der Waals surface area contributed by atoms with Crippen molar-refractivity contribution in [2.45, 2.75) is 33.3 Å². The molecule has 6 heteroatoms. The van der Waals surface area contributed by atoms with Crippen LogP contribution >= 0.6 is 11.8 Å². The van der Waals surface area contributed by atoms with Gasteiger partial charge < -0.3 is 9.47 Å². The summed E-state index contributed by atoms with van der Waals surface area (Å²) in [5, 5.41) is 2.16. The van der Waals surface area contributed by atoms with E-state index in [2.05, 4.69) is 30.3 Å². The van der Waals surface area contributed by atoms with Crippen LogP contribution in [0.15, 0.2) is 65.6 Å². The molecule has 0 aliphatic carbocycles. The van der Waals surface area contributed by atoms with Crippen molar-refractivity contribution in [3.05, 3.63) is 76.7 Å². The molecule has 1 saturated heterocycles. The van der Waals surface area contributed by atoms with E-state index in [1.54, 1.807) is 6.08 Å². The molecule has 1 heterocycles. The predicted octanol–water partition coefficient (Wildman–Crippen LogP) is 6.65. The topological polar surface area (TPSA) is 55.8 Å². The largest absolute Gasteiger partial charge is 0.490 e. The van der Waals surface area contributed by atoms with Gasteiger partial charge in [-0.15, -0.1) is 0 Å². The molecule has 170 valence electrons. The average molecular weight is 462 g/mol. The lowest BCUT2D eigenvalue weighted by Gasteiger charge is -2.13. The van der Waals surface area contributed by atoms with Crippen molar-refractivity contribution in [2.75, 3.05) is 13.2 Å². The lowest BCUT2D eigenvalue weighted by molar-refractivity contribution is -0.122. The summed E-state index contributed by atoms with van der Waals surface area (Å²) >= 11 is 0.985. The Morgan fingerprint density at radius 2 is 1.73 bits per heavy atom. The van der Waals surface area contributed by atoms with Gasteiger partial charge in [-0.2, -0.15) is 0 Å². The number of hydrogen-bond acceptors (Lipinski definition) is 5. The van der Waals surface area contributed by atoms with E-state index in [-0.39, 0.29) is 11.1 Å². The Kier molecular flexibility index (Phi) is 7.35. The number of fused-ring (bicyclic) bond motifs is 1. The number of ether oxygens (including phenoxy) is 2. The molecule has 1 aliphatic heterocycles. The van der Waals surface area contributed by atoms with Crippen molar-refractivity contribution in [3.8, 4) is 11.5 Å². The number of imide groups is 1. The highest BCUT2D eigenvalue weighted by Gasteiger charge is 2.34. The Morgan fingerprint density at radius 1 is 0.909 bits per heavy atom. The highest BCUT2D eigenvalue weighted by molar-refractivity contribution is 8.18. The van der Waals surface area contributed by atoms with Gasteiger partial charge in [0.05, 0.1) is 11.5 Å². The zero-order valence-electron chi connectivity index (χ0n) is 18.9. The third-order valence-electron chi connectivity index (χ3n) is 5.38. The zero-order chi connectivity index (χ0) is 23.2. The molecule has 0 bridgehead atoms. The molecule has 0 N–H and O–H groups in total. The molecule has 0 radical (unpaired) electrons. The van der Waals surface area contributed by atoms with E-state index < -0.39 is 0 Å². The Morgan fingerprint density at radius 3 is 2.52 bits per heavy atom. The average Bonchev–Trinajstić information content (AvgIpc) is 3.09. The van der Waals surface area contributed by atoms with E-state index in [4.69, 9.17) is 9.47 Å². The van der Waals surface area contributed by atoms with Crippen LogP contribution < -0.4 is 9.47 Å². The van der Waals surface area contributed by atoms with Crippen LogP contribution in [0.1, 0.15) is 37.8 Å². The number of benzene rings is 3. The summed E-state index contributed by atoms with van der Waals surface area (Å²) in [7, 11) is 0. The highest BCUT2D eigenvalue weighted by atomic mass is 32.2. The standard InChI is InChI=1S/C27H27NO4S/c1-3-5-14-28-26(29)25(33-27(28)30)17-19-11-13-23(24(16-19)31-4-2)32-18-20-10-12-21-8-6-7-9-22(21)15-20/h6-13,15-17H,3-5,14,18H2,1-2H3/b25-17-. The fraction of sp³-hybridized carbons (Fsp3) is 0.259. The molecule has 0 unspecified atom stereocenters. The molecule has 0 atom stereocenters. The summed E-state index contributed by atoms with van der Waals surface area (Å²) in [6, 6.07) is 20.1. The van der Waals surface area contributed by atoms with Gasteiger partial charge in [0.2, 0.25) is 0 Å². The predicted molar refractivity (Wildman–Crippen MR) is 133 cm³/mol. The van der Waals surface area contributed by atoms with Gasteiger partial charge in [-0.3, -0.25) is 14.5 Å². The van der Waals surface area contributed by atoms with Crippen molar-refractivity contribution in [1.82, 2.24) is 4.90 Å². The molecular weight excluding hydrogens is 434 g/mol. The highest BCUT2D eigenvalue weighted by Crippen LogP contribution is 2.35. The third-order valence-corrected chi connectivity index (χ3v) is 6.29. The minimum Gasteiger partial charge on any atom is -0.490 e. The first-order valence-electron chi connectivity index (χ1n) is 11.2. The molecule has 4 rings (SSSR count). The smallest absolute Gasteiger partial charge is 0.293 e. The van der Waals surface area contributed by atoms with Gasteiger partial charge in [-0.25, -0.2) is 0 Å². The molecule has 0 aromatic heterocycles. The van der Waals surface area contributed by atoms with Crippen LogP contribution in [-0.4, -0.2) is 29.2 Å². The maximum absolute atomic E-state index is 12.6. The number of rotatable bonds is 9. The minimum absolute atomic E-state index is 0.208. The van der Waals surface area contributed by atoms with E-state index in [1.165, 1.54) is 15.7 Å². The van der Waals surface area contributed by atoms with Crippen LogP contribution in [0.3, 0.4) is 0 Å². The van der Waals surface area contributed by atoms with Crippen LogP contribution in [0.5, 0.6) is 11.5 Å². The van der Waals surface area contributed by atoms with Gasteiger partial charge in [0.25, 0.3) is 11.1 Å². The molecule has 3 aromatic carbocycles. The van der Waals surface area contributed by atoms with Crippen LogP contribution in [0.4, 0.5) is 4.79 Å². The molecule has 3 aromatic rings. The van der Waals surface area contributed by atoms with Crippen molar-refractivity contribution >= 4 is 39.8 Å². The van der Waals surface area contributed by atoms with E-state index >= 15 is 0 Å². The first kappa shape index (κ1) is 22.9. The van der Waals surface area contributed by atoms with Crippen LogP contribution in [0, 0.1) is 0 Å². The third kappa shape index (κ3) is 5.40. The summed E-state index contributed by atoms with van der Waals surface area (Å²) in [5.74, 6) is 1.02. The Hall–Kier alpha value is -3.25. The summed E-state index contributed by atoms with van der Waals surface area (Å²) in [5.41, 5.74) is 1.86. The zero-order valence-corrected chi connectivity index (χ0v) is 19.7. The first-order valence-corrected chi connectivity index (χ1v) is 12.0. The van der Waals surface area contributed by atoms with Gasteiger partial charge in [0.15, 0.2) is 11.5 Å². The van der Waals surface area contributed by atoms with E-state index in [1.807, 2.05) is 44.2 Å². The second-order valence-electron chi connectivity index (χ2n) is 7.80. The van der Waals surface area contributed by atoms with Gasteiger partial charge >= 0.3 is 0 Å². The monoisotopic (exact) mass is 461 g/mol. The van der Waals surface area contributed by atoms with E-state index in [0.29, 0.717) is 36.2 Å². The van der Waals surface area contributed by atoms with E-state index in [0.717, 1.165) is 35.7 Å². The number of unbranched alkanes of at least 4 members (excludes halogenated alkanes) is 1. The number of thioether (sulfide) groups is 1. The van der Waals surface area contributed by atoms with Crippen molar-refractivity contribution < 1.29 is 19.1 Å². The molecule has 0 saturated carbocycles. The maximum atomic E-state index is 12.6. The van der Waals surface area contributed by atoms with Crippen LogP contribution in [-0.2, 0) is 11.4 Å². The van der Waals surface area contributed by atoms with Crippen molar-refractivity contribution in [3.63, 3.8) is 0 Å². The summed E-state index contributed by atoms with van der Waals surface area (Å²) in [4.78, 5) is 26.6. The van der Waals surface area contributed by atoms with Gasteiger partial charge in [0.1, 0.15) is 6.61 Å². The number of carbonyl (C=O) groups excluding carboxylic acids is 2. The number of amides is 2. The van der Waals surface area contributed by atoms with Crippen molar-refractivity contribution in [2.24, 2.45) is 0 Å². The number of nitrogens with zero attached hydrogens (tertiary/aromatic N) is 1. The first-order chi connectivity index (χ1) is 16.1. The fourth-order valence-electron chi connectivity index (χ4n) is 3.65. The van der Waals surface area contributed by atoms with Crippen LogP contribution in [0.25, 0.3) is 16.8 Å². The maximum Gasteiger partial charge on any atom is 0.293 e. The number of hydrogen-bond donors (Lipinski definition) is 0. The second kappa shape index (κ2) is 10.6. The van der Waals surface area contributed by atoms with Crippen molar-refractivity contribution in [1.29, 1.82) is 0 Å². The molecular formula is C27H27NO4S. The Labute approximate surface area is 198 Å². The Balaban J connectivity index is 1.50. The Bertz CT molecular complexity index is 1200.